The molecular weight excluding hydrogens is 1120 g/mol. The fourth-order valence-electron chi connectivity index (χ4n) is 6.24. The molecule has 352 valence electrons. The van der Waals surface area contributed by atoms with Gasteiger partial charge in [-0.1, -0.05) is 72.8 Å². The van der Waals surface area contributed by atoms with Gasteiger partial charge in [-0.2, -0.15) is 109 Å². The maximum absolute atomic E-state index is 5.84. The second-order valence-corrected chi connectivity index (χ2v) is 19.2. The Bertz CT molecular complexity index is 2080. The molecule has 0 saturated carbocycles. The van der Waals surface area contributed by atoms with E-state index in [2.05, 4.69) is 133 Å². The predicted octanol–water partition coefficient (Wildman–Crippen LogP) is 13.1. The number of rotatable bonds is 12. The number of ether oxygens (including phenoxy) is 2. The zero-order valence-corrected chi connectivity index (χ0v) is 43.9. The van der Waals surface area contributed by atoms with Crippen molar-refractivity contribution in [3.63, 3.8) is 0 Å². The van der Waals surface area contributed by atoms with Gasteiger partial charge in [-0.05, 0) is 48.5 Å². The zero-order chi connectivity index (χ0) is 44.2. The average Bonchev–Trinajstić information content (AvgIpc) is 4.26. The zero-order valence-electron chi connectivity index (χ0n) is 37.4. The van der Waals surface area contributed by atoms with Gasteiger partial charge in [0.2, 0.25) is 0 Å². The van der Waals surface area contributed by atoms with Crippen LogP contribution in [0.5, 0.6) is 11.5 Å². The minimum Gasteiger partial charge on any atom is -0.745 e. The molecule has 2 nitrogen and oxygen atoms in total. The first-order valence-electron chi connectivity index (χ1n) is 21.6. The van der Waals surface area contributed by atoms with Crippen LogP contribution in [0, 0.1) is 12.1 Å². The quantitative estimate of drug-likeness (QED) is 0.0690. The monoisotopic (exact) mass is 1180 g/mol. The molecule has 0 heterocycles. The molecular formula is C60H58Fe2O2P2Pt-6. The Hall–Kier alpha value is -5.09. The molecule has 0 radical (unpaired) electrons. The van der Waals surface area contributed by atoms with Crippen LogP contribution in [-0.2, 0) is 55.2 Å². The fraction of sp³-hybridized carbons (Fsp3) is 0.0667. The number of benzene rings is 6. The van der Waals surface area contributed by atoms with Crippen LogP contribution >= 0.6 is 15.8 Å². The van der Waals surface area contributed by atoms with E-state index < -0.39 is 15.8 Å². The van der Waals surface area contributed by atoms with E-state index in [1.807, 2.05) is 170 Å². The first-order valence-corrected chi connectivity index (χ1v) is 25.1. The minimum atomic E-state index is -0.778. The van der Waals surface area contributed by atoms with Crippen LogP contribution in [0.25, 0.3) is 0 Å². The van der Waals surface area contributed by atoms with E-state index in [4.69, 9.17) is 9.47 Å². The van der Waals surface area contributed by atoms with Crippen LogP contribution in [0.1, 0.15) is 0 Å². The molecule has 67 heavy (non-hydrogen) atoms. The molecule has 7 heteroatoms. The molecule has 0 aliphatic rings. The largest absolute Gasteiger partial charge is 2.00 e. The van der Waals surface area contributed by atoms with Gasteiger partial charge in [0.25, 0.3) is 0 Å². The van der Waals surface area contributed by atoms with E-state index in [0.29, 0.717) is 0 Å². The summed E-state index contributed by atoms with van der Waals surface area (Å²) in [6, 6.07) is 104. The van der Waals surface area contributed by atoms with Gasteiger partial charge in [-0.3, -0.25) is 0 Å². The molecule has 0 aliphatic heterocycles. The van der Waals surface area contributed by atoms with Crippen molar-refractivity contribution in [2.24, 2.45) is 0 Å². The molecule has 0 saturated heterocycles. The third kappa shape index (κ3) is 25.6. The van der Waals surface area contributed by atoms with Gasteiger partial charge in [0.05, 0.1) is 56.0 Å². The van der Waals surface area contributed by atoms with Crippen molar-refractivity contribution in [2.45, 2.75) is 0 Å². The molecule has 0 atom stereocenters. The summed E-state index contributed by atoms with van der Waals surface area (Å²) in [4.78, 5) is 0. The van der Waals surface area contributed by atoms with Crippen LogP contribution in [0.2, 0.25) is 0 Å². The van der Waals surface area contributed by atoms with Gasteiger partial charge in [-0.15, -0.1) is 12.1 Å². The van der Waals surface area contributed by atoms with E-state index in [1.54, 1.807) is 0 Å². The summed E-state index contributed by atoms with van der Waals surface area (Å²) in [5.74, 6) is 1.94. The van der Waals surface area contributed by atoms with Crippen molar-refractivity contribution < 1.29 is 64.7 Å². The molecule has 0 amide bonds. The number of hydrogen-bond acceptors (Lipinski definition) is 2. The Morgan fingerprint density at radius 2 is 0.701 bits per heavy atom. The van der Waals surface area contributed by atoms with Crippen molar-refractivity contribution in [1.29, 1.82) is 0 Å². The van der Waals surface area contributed by atoms with Crippen molar-refractivity contribution in [3.05, 3.63) is 303 Å². The Morgan fingerprint density at radius 3 is 0.970 bits per heavy atom. The third-order valence-electron chi connectivity index (χ3n) is 9.32. The molecule has 0 fully saturated rings. The van der Waals surface area contributed by atoms with Crippen molar-refractivity contribution in [2.75, 3.05) is 25.5 Å². The first-order chi connectivity index (χ1) is 31.9. The second kappa shape index (κ2) is 39.0. The average molecular weight is 1180 g/mol. The van der Waals surface area contributed by atoms with Crippen LogP contribution < -0.4 is 30.7 Å². The number of hydrogen-bond donors (Lipinski definition) is 0. The van der Waals surface area contributed by atoms with Crippen LogP contribution in [0.15, 0.2) is 291 Å². The summed E-state index contributed by atoms with van der Waals surface area (Å²) in [5, 5.41) is 5.78. The van der Waals surface area contributed by atoms with E-state index >= 15 is 0 Å². The standard InChI is InChI=1S/2C19H18OP.2C6H5.2C5H5.2Fe.Pt/c2*1-3-11-18(12-4-1)21(19-13-5-2-6-14-19)16-15-20-17-9-7-8-10-17;2*1-2-4-6-5-3-1;2*1-2-4-5-3-1;;;/h2*1-14H,15-16H2;2*1-5H;2*1-5H;;;/q-5;5*-1;;;+2/p+2. The molecule has 0 aliphatic carbocycles. The van der Waals surface area contributed by atoms with Gasteiger partial charge in [0.1, 0.15) is 6.61 Å². The summed E-state index contributed by atoms with van der Waals surface area (Å²) < 4.78 is 11.7. The Morgan fingerprint density at radius 1 is 0.388 bits per heavy atom. The summed E-state index contributed by atoms with van der Waals surface area (Å²) in [7, 11) is -1.56. The fourth-order valence-corrected chi connectivity index (χ4v) is 11.1. The summed E-state index contributed by atoms with van der Waals surface area (Å²) in [6.07, 6.45) is 2.15. The van der Waals surface area contributed by atoms with Gasteiger partial charge in [-0.25, -0.2) is 36.4 Å². The maximum Gasteiger partial charge on any atom is 2.00 e. The van der Waals surface area contributed by atoms with Gasteiger partial charge >= 0.3 is 21.1 Å². The van der Waals surface area contributed by atoms with E-state index in [0.717, 1.165) is 37.0 Å². The van der Waals surface area contributed by atoms with Crippen molar-refractivity contribution in [3.8, 4) is 11.5 Å². The molecule has 10 aromatic carbocycles. The second-order valence-electron chi connectivity index (χ2n) is 13.9. The summed E-state index contributed by atoms with van der Waals surface area (Å²) in [5.41, 5.74) is 0. The van der Waals surface area contributed by atoms with Gasteiger partial charge in [0, 0.05) is 39.9 Å². The van der Waals surface area contributed by atoms with E-state index in [9.17, 15) is 0 Å². The summed E-state index contributed by atoms with van der Waals surface area (Å²) >= 11 is 0. The van der Waals surface area contributed by atoms with Crippen LogP contribution in [-0.4, -0.2) is 25.5 Å². The predicted molar refractivity (Wildman–Crippen MR) is 280 cm³/mol. The third-order valence-corrected chi connectivity index (χ3v) is 14.8. The Kier molecular flexibility index (Phi) is 33.7. The topological polar surface area (TPSA) is 18.5 Å². The molecule has 0 bridgehead atoms. The van der Waals surface area contributed by atoms with Crippen molar-refractivity contribution >= 4 is 37.1 Å². The molecule has 0 spiro atoms. The minimum absolute atomic E-state index is 0. The smallest absolute Gasteiger partial charge is 0.745 e. The molecule has 0 N–H and O–H groups in total. The maximum atomic E-state index is 5.84. The molecule has 0 aromatic heterocycles. The SMILES string of the molecule is [Fe].[Fe].[Pt+2].[c-]1ccccc1.[c-]1ccccc1.c1cc[cH-]c1.c1cc[cH-]c1.c1ccc([PH+](CCO[c-]2[cH-][cH-][cH-][cH-]2)c2ccccc2)cc1.c1ccc([PH+](CCO[c-]2cccc2)c2ccccc2)cc1. The Labute approximate surface area is 438 Å². The normalized spacial score (nSPS) is 9.34. The van der Waals surface area contributed by atoms with Gasteiger partial charge < -0.3 is 39.5 Å². The van der Waals surface area contributed by atoms with Crippen molar-refractivity contribution in [1.82, 2.24) is 0 Å². The molecule has 10 rings (SSSR count). The first kappa shape index (κ1) is 58.0. The van der Waals surface area contributed by atoms with E-state index in [-0.39, 0.29) is 55.2 Å². The van der Waals surface area contributed by atoms with Gasteiger partial charge in [0.15, 0.2) is 0 Å². The molecule has 0 unspecified atom stereocenters. The Balaban J connectivity index is 0.000000308. The van der Waals surface area contributed by atoms with E-state index in [1.165, 1.54) is 21.2 Å². The van der Waals surface area contributed by atoms with Crippen LogP contribution in [0.4, 0.5) is 0 Å². The summed E-state index contributed by atoms with van der Waals surface area (Å²) in [6.45, 7) is 1.53. The molecule has 10 aromatic rings. The van der Waals surface area contributed by atoms with Crippen LogP contribution in [0.3, 0.4) is 0 Å².